The fourth-order valence-corrected chi connectivity index (χ4v) is 4.84. The fraction of sp³-hybridized carbons (Fsp3) is 0.824. The normalized spacial score (nSPS) is 32.7. The SMILES string of the molecule is CCN(c1nccn1C1CCCC1)C1CC2CCC(C1)N2. The van der Waals surface area contributed by atoms with Crippen molar-refractivity contribution in [3.63, 3.8) is 0 Å². The van der Waals surface area contributed by atoms with E-state index in [1.54, 1.807) is 0 Å². The van der Waals surface area contributed by atoms with Gasteiger partial charge in [-0.3, -0.25) is 0 Å². The predicted molar refractivity (Wildman–Crippen MR) is 85.7 cm³/mol. The van der Waals surface area contributed by atoms with E-state index in [0.717, 1.165) is 18.6 Å². The van der Waals surface area contributed by atoms with E-state index in [9.17, 15) is 0 Å². The molecule has 2 bridgehead atoms. The topological polar surface area (TPSA) is 33.1 Å². The smallest absolute Gasteiger partial charge is 0.205 e. The van der Waals surface area contributed by atoms with Crippen LogP contribution < -0.4 is 10.2 Å². The molecule has 1 aliphatic carbocycles. The average molecular weight is 288 g/mol. The van der Waals surface area contributed by atoms with Gasteiger partial charge in [0.15, 0.2) is 0 Å². The molecule has 0 radical (unpaired) electrons. The molecule has 3 heterocycles. The van der Waals surface area contributed by atoms with Gasteiger partial charge in [-0.15, -0.1) is 0 Å². The number of rotatable bonds is 4. The lowest BCUT2D eigenvalue weighted by Crippen LogP contribution is -2.49. The van der Waals surface area contributed by atoms with Gasteiger partial charge in [-0.2, -0.15) is 0 Å². The number of hydrogen-bond acceptors (Lipinski definition) is 3. The van der Waals surface area contributed by atoms with E-state index in [-0.39, 0.29) is 0 Å². The van der Waals surface area contributed by atoms with Crippen LogP contribution in [0, 0.1) is 0 Å². The van der Waals surface area contributed by atoms with Gasteiger partial charge in [-0.05, 0) is 45.4 Å². The van der Waals surface area contributed by atoms with Gasteiger partial charge in [-0.1, -0.05) is 12.8 Å². The highest BCUT2D eigenvalue weighted by molar-refractivity contribution is 5.34. The number of piperidine rings is 1. The van der Waals surface area contributed by atoms with Gasteiger partial charge in [0, 0.05) is 43.1 Å². The van der Waals surface area contributed by atoms with Crippen LogP contribution >= 0.6 is 0 Å². The van der Waals surface area contributed by atoms with E-state index in [2.05, 4.69) is 27.9 Å². The number of anilines is 1. The van der Waals surface area contributed by atoms with Gasteiger partial charge in [0.05, 0.1) is 0 Å². The summed E-state index contributed by atoms with van der Waals surface area (Å²) in [5, 5.41) is 3.76. The fourth-order valence-electron chi connectivity index (χ4n) is 4.84. The Balaban J connectivity index is 1.57. The van der Waals surface area contributed by atoms with E-state index in [4.69, 9.17) is 4.98 Å². The van der Waals surface area contributed by atoms with Crippen molar-refractivity contribution in [2.75, 3.05) is 11.4 Å². The monoisotopic (exact) mass is 288 g/mol. The van der Waals surface area contributed by atoms with E-state index in [1.807, 2.05) is 6.20 Å². The van der Waals surface area contributed by atoms with E-state index in [0.29, 0.717) is 12.1 Å². The molecule has 1 saturated carbocycles. The lowest BCUT2D eigenvalue weighted by molar-refractivity contribution is 0.343. The summed E-state index contributed by atoms with van der Waals surface area (Å²) in [6, 6.07) is 2.86. The Labute approximate surface area is 127 Å². The molecule has 4 nitrogen and oxygen atoms in total. The van der Waals surface area contributed by atoms with E-state index in [1.165, 1.54) is 57.3 Å². The number of nitrogens with one attached hydrogen (secondary N) is 1. The molecule has 1 aromatic rings. The highest BCUT2D eigenvalue weighted by Gasteiger charge is 2.37. The molecular weight excluding hydrogens is 260 g/mol. The molecule has 2 aliphatic heterocycles. The Hall–Kier alpha value is -1.03. The van der Waals surface area contributed by atoms with Crippen molar-refractivity contribution in [1.82, 2.24) is 14.9 Å². The third kappa shape index (κ3) is 2.48. The van der Waals surface area contributed by atoms with Crippen LogP contribution in [0.15, 0.2) is 12.4 Å². The summed E-state index contributed by atoms with van der Waals surface area (Å²) < 4.78 is 2.47. The average Bonchev–Trinajstić information content (AvgIpc) is 3.21. The van der Waals surface area contributed by atoms with Crippen molar-refractivity contribution in [1.29, 1.82) is 0 Å². The predicted octanol–water partition coefficient (Wildman–Crippen LogP) is 3.11. The molecular formula is C17H28N4. The summed E-state index contributed by atoms with van der Waals surface area (Å²) in [4.78, 5) is 7.33. The maximum absolute atomic E-state index is 4.75. The molecule has 21 heavy (non-hydrogen) atoms. The summed E-state index contributed by atoms with van der Waals surface area (Å²) >= 11 is 0. The van der Waals surface area contributed by atoms with Crippen molar-refractivity contribution in [2.24, 2.45) is 0 Å². The third-order valence-electron chi connectivity index (χ3n) is 5.85. The highest BCUT2D eigenvalue weighted by atomic mass is 15.3. The zero-order valence-corrected chi connectivity index (χ0v) is 13.2. The summed E-state index contributed by atoms with van der Waals surface area (Å²) in [6.07, 6.45) is 15.0. The molecule has 4 rings (SSSR count). The first-order chi connectivity index (χ1) is 10.3. The molecule has 0 aromatic carbocycles. The Kier molecular flexibility index (Phi) is 3.66. The van der Waals surface area contributed by atoms with Gasteiger partial charge in [0.1, 0.15) is 0 Å². The molecule has 116 valence electrons. The molecule has 1 N–H and O–H groups in total. The van der Waals surface area contributed by atoms with Crippen LogP contribution in [0.4, 0.5) is 5.95 Å². The lowest BCUT2D eigenvalue weighted by atomic mass is 9.98. The van der Waals surface area contributed by atoms with Crippen LogP contribution in [-0.4, -0.2) is 34.2 Å². The largest absolute Gasteiger partial charge is 0.339 e. The third-order valence-corrected chi connectivity index (χ3v) is 5.85. The second-order valence-corrected chi connectivity index (χ2v) is 7.12. The number of nitrogens with zero attached hydrogens (tertiary/aromatic N) is 3. The zero-order valence-electron chi connectivity index (χ0n) is 13.2. The van der Waals surface area contributed by atoms with Gasteiger partial charge in [0.25, 0.3) is 0 Å². The molecule has 3 aliphatic rings. The Morgan fingerprint density at radius 2 is 1.90 bits per heavy atom. The number of fused-ring (bicyclic) bond motifs is 2. The van der Waals surface area contributed by atoms with E-state index < -0.39 is 0 Å². The molecule has 0 spiro atoms. The minimum Gasteiger partial charge on any atom is -0.339 e. The molecule has 2 atom stereocenters. The summed E-state index contributed by atoms with van der Waals surface area (Å²) in [5.41, 5.74) is 0. The van der Waals surface area contributed by atoms with Crippen molar-refractivity contribution in [2.45, 2.75) is 82.5 Å². The molecule has 3 fully saturated rings. The second-order valence-electron chi connectivity index (χ2n) is 7.12. The van der Waals surface area contributed by atoms with Crippen LogP contribution in [0.5, 0.6) is 0 Å². The molecule has 0 amide bonds. The minimum atomic E-state index is 0.677. The summed E-state index contributed by atoms with van der Waals surface area (Å²) in [6.45, 7) is 3.37. The van der Waals surface area contributed by atoms with Crippen LogP contribution in [0.1, 0.15) is 64.3 Å². The van der Waals surface area contributed by atoms with Crippen LogP contribution in [0.25, 0.3) is 0 Å². The number of imidazole rings is 1. The molecule has 4 heteroatoms. The van der Waals surface area contributed by atoms with Crippen molar-refractivity contribution in [3.05, 3.63) is 12.4 Å². The number of hydrogen-bond donors (Lipinski definition) is 1. The Morgan fingerprint density at radius 3 is 2.57 bits per heavy atom. The summed E-state index contributed by atoms with van der Waals surface area (Å²) in [7, 11) is 0. The second kappa shape index (κ2) is 5.64. The quantitative estimate of drug-likeness (QED) is 0.924. The maximum atomic E-state index is 4.75. The van der Waals surface area contributed by atoms with Crippen LogP contribution in [0.3, 0.4) is 0 Å². The first kappa shape index (κ1) is 13.6. The highest BCUT2D eigenvalue weighted by Crippen LogP contribution is 2.35. The first-order valence-electron chi connectivity index (χ1n) is 8.90. The Bertz CT molecular complexity index is 465. The standard InChI is InChI=1S/C17H28N4/c1-2-20(16-11-13-7-8-14(12-16)19-13)17-18-9-10-21(17)15-5-3-4-6-15/h9-10,13-16,19H,2-8,11-12H2,1H3. The van der Waals surface area contributed by atoms with E-state index >= 15 is 0 Å². The van der Waals surface area contributed by atoms with Crippen molar-refractivity contribution in [3.8, 4) is 0 Å². The van der Waals surface area contributed by atoms with Crippen molar-refractivity contribution < 1.29 is 0 Å². The molecule has 1 aromatic heterocycles. The van der Waals surface area contributed by atoms with Crippen molar-refractivity contribution >= 4 is 5.95 Å². The molecule has 2 saturated heterocycles. The first-order valence-corrected chi connectivity index (χ1v) is 8.90. The van der Waals surface area contributed by atoms with Crippen LogP contribution in [-0.2, 0) is 0 Å². The number of aromatic nitrogens is 2. The van der Waals surface area contributed by atoms with Gasteiger partial charge in [-0.25, -0.2) is 4.98 Å². The zero-order chi connectivity index (χ0) is 14.2. The summed E-state index contributed by atoms with van der Waals surface area (Å²) in [5.74, 6) is 1.23. The minimum absolute atomic E-state index is 0.677. The van der Waals surface area contributed by atoms with Gasteiger partial charge >= 0.3 is 0 Å². The van der Waals surface area contributed by atoms with Gasteiger partial charge in [0.2, 0.25) is 5.95 Å². The molecule has 2 unspecified atom stereocenters. The van der Waals surface area contributed by atoms with Crippen LogP contribution in [0.2, 0.25) is 0 Å². The Morgan fingerprint density at radius 1 is 1.19 bits per heavy atom. The van der Waals surface area contributed by atoms with Gasteiger partial charge < -0.3 is 14.8 Å². The lowest BCUT2D eigenvalue weighted by Gasteiger charge is -2.38. The maximum Gasteiger partial charge on any atom is 0.205 e.